The molecule has 8 rings (SSSR count). The van der Waals surface area contributed by atoms with Gasteiger partial charge in [0.2, 0.25) is 17.8 Å². The number of amides is 5. The van der Waals surface area contributed by atoms with E-state index in [1.807, 2.05) is 23.1 Å². The molecule has 5 heterocycles. The van der Waals surface area contributed by atoms with Crippen LogP contribution in [0, 0.1) is 28.1 Å². The van der Waals surface area contributed by atoms with Crippen LogP contribution >= 0.6 is 11.6 Å². The summed E-state index contributed by atoms with van der Waals surface area (Å²) in [7, 11) is 0. The molecule has 1 aliphatic carbocycles. The zero-order valence-corrected chi connectivity index (χ0v) is 34.0. The normalized spacial score (nSPS) is 22.2. The Balaban J connectivity index is 0.817. The minimum atomic E-state index is -0.403. The van der Waals surface area contributed by atoms with E-state index in [2.05, 4.69) is 76.1 Å². The molecule has 2 aromatic carbocycles. The van der Waals surface area contributed by atoms with Gasteiger partial charge in [-0.05, 0) is 56.0 Å². The maximum absolute atomic E-state index is 13.7. The van der Waals surface area contributed by atoms with Crippen LogP contribution in [0.3, 0.4) is 0 Å². The highest BCUT2D eigenvalue weighted by molar-refractivity contribution is 6.31. The lowest BCUT2D eigenvalue weighted by molar-refractivity contribution is -0.164. The number of imide groups is 1. The van der Waals surface area contributed by atoms with Gasteiger partial charge in [0.1, 0.15) is 17.9 Å². The van der Waals surface area contributed by atoms with E-state index in [1.54, 1.807) is 35.5 Å². The zero-order chi connectivity index (χ0) is 40.9. The fraction of sp³-hybridized carbons (Fsp3) is 0.465. The highest BCUT2D eigenvalue weighted by atomic mass is 35.5. The van der Waals surface area contributed by atoms with E-state index < -0.39 is 16.9 Å². The third-order valence-electron chi connectivity index (χ3n) is 12.7. The summed E-state index contributed by atoms with van der Waals surface area (Å²) in [6, 6.07) is 14.7. The number of aromatic nitrogens is 3. The molecule has 0 atom stereocenters. The Kier molecular flexibility index (Phi) is 10.3. The summed E-state index contributed by atoms with van der Waals surface area (Å²) in [6.45, 7) is 11.2. The number of carbonyl (C=O) groups excluding carboxylic acids is 4. The van der Waals surface area contributed by atoms with Crippen molar-refractivity contribution in [3.63, 3.8) is 0 Å². The van der Waals surface area contributed by atoms with Crippen LogP contribution in [0.5, 0.6) is 5.75 Å². The Labute approximate surface area is 342 Å². The molecule has 0 spiro atoms. The van der Waals surface area contributed by atoms with Crippen LogP contribution in [-0.2, 0) is 9.59 Å². The van der Waals surface area contributed by atoms with Crippen molar-refractivity contribution in [2.45, 2.75) is 78.0 Å². The first kappa shape index (κ1) is 39.2. The number of carbonyl (C=O) groups is 4. The van der Waals surface area contributed by atoms with Crippen LogP contribution in [-0.4, -0.2) is 88.1 Å². The van der Waals surface area contributed by atoms with Gasteiger partial charge in [0.15, 0.2) is 0 Å². The van der Waals surface area contributed by atoms with Gasteiger partial charge in [0.25, 0.3) is 5.91 Å². The summed E-state index contributed by atoms with van der Waals surface area (Å²) in [5, 5.41) is 16.1. The van der Waals surface area contributed by atoms with Crippen molar-refractivity contribution >= 4 is 57.9 Å². The number of fused-ring (bicyclic) bond motifs is 1. The van der Waals surface area contributed by atoms with Gasteiger partial charge in [-0.1, -0.05) is 45.4 Å². The largest absolute Gasteiger partial charge is 0.489 e. The number of halogens is 1. The number of rotatable bonds is 8. The number of nitriles is 1. The molecule has 14 nitrogen and oxygen atoms in total. The second-order valence-corrected chi connectivity index (χ2v) is 17.5. The predicted octanol–water partition coefficient (Wildman–Crippen LogP) is 6.09. The second-order valence-electron chi connectivity index (χ2n) is 17.1. The molecule has 4 fully saturated rings. The fourth-order valence-corrected chi connectivity index (χ4v) is 10.1. The smallest absolute Gasteiger partial charge is 0.328 e. The predicted molar refractivity (Wildman–Crippen MR) is 219 cm³/mol. The number of anilines is 2. The molecule has 2 N–H and O–H groups in total. The maximum atomic E-state index is 13.7. The molecule has 2 aromatic heterocycles. The number of nitrogens with zero attached hydrogens (tertiary/aromatic N) is 7. The second kappa shape index (κ2) is 15.2. The van der Waals surface area contributed by atoms with Gasteiger partial charge < -0.3 is 24.4 Å². The number of likely N-dealkylation sites (tertiary alicyclic amines) is 1. The van der Waals surface area contributed by atoms with Gasteiger partial charge in [-0.15, -0.1) is 0 Å². The summed E-state index contributed by atoms with van der Waals surface area (Å²) in [6.07, 6.45) is 8.32. The van der Waals surface area contributed by atoms with E-state index in [0.717, 1.165) is 29.4 Å². The number of urea groups is 1. The van der Waals surface area contributed by atoms with E-state index in [4.69, 9.17) is 16.3 Å². The van der Waals surface area contributed by atoms with Crippen LogP contribution < -0.4 is 25.2 Å². The van der Waals surface area contributed by atoms with Crippen molar-refractivity contribution in [3.8, 4) is 11.8 Å². The number of hydrogen-bond donors (Lipinski definition) is 2. The van der Waals surface area contributed by atoms with Crippen LogP contribution in [0.15, 0.2) is 61.1 Å². The Morgan fingerprint density at radius 1 is 0.948 bits per heavy atom. The zero-order valence-electron chi connectivity index (χ0n) is 33.2. The lowest BCUT2D eigenvalue weighted by atomic mass is 9.49. The van der Waals surface area contributed by atoms with Crippen LogP contribution in [0.2, 0.25) is 5.02 Å². The number of ether oxygens (including phenoxy) is 1. The van der Waals surface area contributed by atoms with Crippen LogP contribution in [0.4, 0.5) is 16.4 Å². The summed E-state index contributed by atoms with van der Waals surface area (Å²) in [4.78, 5) is 66.2. The maximum Gasteiger partial charge on any atom is 0.328 e. The Morgan fingerprint density at radius 3 is 2.31 bits per heavy atom. The lowest BCUT2D eigenvalue weighted by Crippen LogP contribution is -2.74. The van der Waals surface area contributed by atoms with Crippen molar-refractivity contribution in [1.29, 1.82) is 5.26 Å². The monoisotopic (exact) mass is 805 g/mol. The average Bonchev–Trinajstić information content (AvgIpc) is 3.66. The van der Waals surface area contributed by atoms with Crippen molar-refractivity contribution in [1.82, 2.24) is 30.1 Å². The molecule has 302 valence electrons. The minimum Gasteiger partial charge on any atom is -0.489 e. The lowest BCUT2D eigenvalue weighted by Gasteiger charge is -2.63. The first-order valence-corrected chi connectivity index (χ1v) is 20.4. The van der Waals surface area contributed by atoms with Crippen molar-refractivity contribution in [2.75, 3.05) is 42.5 Å². The van der Waals surface area contributed by atoms with Crippen LogP contribution in [0.25, 0.3) is 10.9 Å². The SMILES string of the molecule is CC1(C)[C@H](NC(=O)c2cnc(N3CCC(C(=O)N4CCC(n5ccc6c(N7CCC(=O)NC7=O)cccc65)CC4)CC3)nc2)C(C)(C)[C@H]1Oc1ccc(C#N)c(Cl)c1. The number of piperidine rings is 2. The molecule has 4 aliphatic rings. The first-order valence-electron chi connectivity index (χ1n) is 20.0. The Bertz CT molecular complexity index is 2290. The molecule has 15 heteroatoms. The summed E-state index contributed by atoms with van der Waals surface area (Å²) in [5.74, 6) is 0.737. The van der Waals surface area contributed by atoms with E-state index >= 15 is 0 Å². The minimum absolute atomic E-state index is 0.0636. The average molecular weight is 806 g/mol. The topological polar surface area (TPSA) is 166 Å². The Hall–Kier alpha value is -5.68. The van der Waals surface area contributed by atoms with E-state index in [-0.39, 0.29) is 48.2 Å². The molecule has 1 saturated carbocycles. The standard InChI is InChI=1S/C43H48ClN9O5/c1-42(2)38(43(3,4)39(42)58-30-9-8-27(23-45)32(44)22-30)49-36(55)28-24-46-40(47-25-28)51-16-10-26(11-17-51)37(56)50-18-12-29(13-19-50)52-20-14-31-33(52)6-5-7-34(31)53-21-15-35(54)48-41(53)57/h5-9,14,20,22,24-26,29,38-39H,10-13,15-19,21H2,1-4H3,(H,49,55)(H,48,54,57)/t38-,39-. The Morgan fingerprint density at radius 2 is 1.66 bits per heavy atom. The molecule has 4 aromatic rings. The summed E-state index contributed by atoms with van der Waals surface area (Å²) in [5.41, 5.74) is 1.77. The molecule has 0 bridgehead atoms. The molecule has 58 heavy (non-hydrogen) atoms. The molecule has 5 amide bonds. The van der Waals surface area contributed by atoms with E-state index in [9.17, 15) is 24.4 Å². The van der Waals surface area contributed by atoms with Crippen LogP contribution in [0.1, 0.15) is 81.8 Å². The van der Waals surface area contributed by atoms with Gasteiger partial charge in [0.05, 0.1) is 27.4 Å². The van der Waals surface area contributed by atoms with Gasteiger partial charge in [0, 0.05) is 98.0 Å². The molecule has 3 saturated heterocycles. The van der Waals surface area contributed by atoms with Crippen molar-refractivity contribution in [3.05, 3.63) is 77.2 Å². The van der Waals surface area contributed by atoms with Gasteiger partial charge in [-0.2, -0.15) is 5.26 Å². The van der Waals surface area contributed by atoms with E-state index in [1.165, 1.54) is 0 Å². The quantitative estimate of drug-likeness (QED) is 0.214. The van der Waals surface area contributed by atoms with Gasteiger partial charge in [-0.3, -0.25) is 24.6 Å². The summed E-state index contributed by atoms with van der Waals surface area (Å²) >= 11 is 6.24. The van der Waals surface area contributed by atoms with Crippen molar-refractivity contribution < 1.29 is 23.9 Å². The van der Waals surface area contributed by atoms with Crippen molar-refractivity contribution in [2.24, 2.45) is 16.7 Å². The third-order valence-corrected chi connectivity index (χ3v) is 13.0. The molecule has 0 radical (unpaired) electrons. The molecule has 3 aliphatic heterocycles. The number of benzene rings is 2. The first-order chi connectivity index (χ1) is 27.8. The third kappa shape index (κ3) is 7.10. The number of nitrogens with one attached hydrogen (secondary N) is 2. The molecular formula is C43H48ClN9O5. The highest BCUT2D eigenvalue weighted by Gasteiger charge is 2.64. The molecule has 0 unspecified atom stereocenters. The molecular weight excluding hydrogens is 758 g/mol. The fourth-order valence-electron chi connectivity index (χ4n) is 9.88. The van der Waals surface area contributed by atoms with E-state index in [0.29, 0.717) is 73.4 Å². The summed E-state index contributed by atoms with van der Waals surface area (Å²) < 4.78 is 8.62. The highest BCUT2D eigenvalue weighted by Crippen LogP contribution is 2.55. The number of hydrogen-bond acceptors (Lipinski definition) is 9. The van der Waals surface area contributed by atoms with Gasteiger partial charge in [-0.25, -0.2) is 14.8 Å². The van der Waals surface area contributed by atoms with Gasteiger partial charge >= 0.3 is 6.03 Å².